The highest BCUT2D eigenvalue weighted by molar-refractivity contribution is 5.89. The van der Waals surface area contributed by atoms with Crippen molar-refractivity contribution in [2.75, 3.05) is 13.2 Å². The highest BCUT2D eigenvalue weighted by Crippen LogP contribution is 2.12. The van der Waals surface area contributed by atoms with E-state index in [2.05, 4.69) is 0 Å². The number of aliphatic hydroxyl groups excluding tert-OH is 1. The number of halogens is 1. The number of carbonyl (C=O) groups excluding carboxylic acids is 1. The molecule has 1 N–H and O–H groups in total. The third kappa shape index (κ3) is 6.89. The minimum atomic E-state index is -0.331. The number of carbonyl (C=O) groups is 1. The maximum atomic E-state index is 13.1. The highest BCUT2D eigenvalue weighted by atomic mass is 19.1. The van der Waals surface area contributed by atoms with Crippen LogP contribution < -0.4 is 0 Å². The Labute approximate surface area is 147 Å². The average Bonchev–Trinajstić information content (AvgIpc) is 2.63. The summed E-state index contributed by atoms with van der Waals surface area (Å²) in [6, 6.07) is 13.5. The summed E-state index contributed by atoms with van der Waals surface area (Å²) in [6.45, 7) is 0.602. The van der Waals surface area contributed by atoms with Gasteiger partial charge in [-0.3, -0.25) is 0 Å². The molecule has 0 saturated carbocycles. The van der Waals surface area contributed by atoms with Crippen LogP contribution in [0.3, 0.4) is 0 Å². The van der Waals surface area contributed by atoms with Crippen molar-refractivity contribution in [2.24, 2.45) is 0 Å². The fraction of sp³-hybridized carbons (Fsp3) is 0.286. The Morgan fingerprint density at radius 3 is 2.40 bits per heavy atom. The van der Waals surface area contributed by atoms with Crippen molar-refractivity contribution < 1.29 is 19.0 Å². The molecule has 0 aliphatic carbocycles. The van der Waals surface area contributed by atoms with Crippen LogP contribution in [0.5, 0.6) is 0 Å². The second-order valence-electron chi connectivity index (χ2n) is 5.78. The average molecular weight is 342 g/mol. The van der Waals surface area contributed by atoms with E-state index in [-0.39, 0.29) is 18.4 Å². The van der Waals surface area contributed by atoms with Crippen molar-refractivity contribution >= 4 is 18.1 Å². The fourth-order valence-corrected chi connectivity index (χ4v) is 2.35. The zero-order valence-electron chi connectivity index (χ0n) is 14.2. The highest BCUT2D eigenvalue weighted by Gasteiger charge is 2.06. The molecular weight excluding hydrogens is 319 g/mol. The number of rotatable bonds is 9. The summed E-state index contributed by atoms with van der Waals surface area (Å²) >= 11 is 0. The topological polar surface area (TPSA) is 46.5 Å². The lowest BCUT2D eigenvalue weighted by Gasteiger charge is -2.05. The molecule has 2 rings (SSSR count). The Morgan fingerprint density at radius 1 is 0.960 bits per heavy atom. The molecule has 0 bridgehead atoms. The van der Waals surface area contributed by atoms with Crippen molar-refractivity contribution in [2.45, 2.75) is 25.7 Å². The molecule has 0 amide bonds. The molecule has 3 nitrogen and oxygen atoms in total. The van der Waals surface area contributed by atoms with Gasteiger partial charge in [0.15, 0.2) is 0 Å². The van der Waals surface area contributed by atoms with Crippen LogP contribution in [0.4, 0.5) is 4.39 Å². The van der Waals surface area contributed by atoms with Crippen molar-refractivity contribution in [3.63, 3.8) is 0 Å². The van der Waals surface area contributed by atoms with Crippen LogP contribution in [-0.4, -0.2) is 24.3 Å². The second kappa shape index (κ2) is 10.4. The smallest absolute Gasteiger partial charge is 0.338 e. The number of esters is 1. The molecule has 0 heterocycles. The molecule has 0 aliphatic heterocycles. The lowest BCUT2D eigenvalue weighted by Crippen LogP contribution is -2.06. The Morgan fingerprint density at radius 2 is 1.68 bits per heavy atom. The largest absolute Gasteiger partial charge is 0.462 e. The molecular formula is C21H23FO3. The van der Waals surface area contributed by atoms with Crippen LogP contribution in [-0.2, 0) is 4.74 Å². The number of benzene rings is 2. The van der Waals surface area contributed by atoms with E-state index in [1.165, 1.54) is 12.1 Å². The molecule has 0 aliphatic rings. The van der Waals surface area contributed by atoms with Gasteiger partial charge < -0.3 is 9.84 Å². The van der Waals surface area contributed by atoms with Crippen LogP contribution in [0.25, 0.3) is 12.2 Å². The van der Waals surface area contributed by atoms with E-state index in [0.29, 0.717) is 12.2 Å². The third-order valence-corrected chi connectivity index (χ3v) is 3.75. The molecule has 2 aromatic rings. The van der Waals surface area contributed by atoms with Gasteiger partial charge in [-0.15, -0.1) is 0 Å². The molecule has 132 valence electrons. The number of aliphatic hydroxyl groups is 1. The summed E-state index contributed by atoms with van der Waals surface area (Å²) in [4.78, 5) is 11.9. The zero-order valence-corrected chi connectivity index (χ0v) is 14.2. The number of hydrogen-bond donors (Lipinski definition) is 1. The first-order valence-electron chi connectivity index (χ1n) is 8.51. The van der Waals surface area contributed by atoms with Crippen LogP contribution >= 0.6 is 0 Å². The summed E-state index contributed by atoms with van der Waals surface area (Å²) < 4.78 is 18.4. The molecule has 0 spiro atoms. The molecule has 0 aromatic heterocycles. The first-order valence-corrected chi connectivity index (χ1v) is 8.51. The minimum Gasteiger partial charge on any atom is -0.462 e. The lowest BCUT2D eigenvalue weighted by molar-refractivity contribution is 0.0497. The van der Waals surface area contributed by atoms with Crippen molar-refractivity contribution in [3.8, 4) is 0 Å². The zero-order chi connectivity index (χ0) is 17.9. The lowest BCUT2D eigenvalue weighted by atomic mass is 10.1. The summed E-state index contributed by atoms with van der Waals surface area (Å²) in [6.07, 6.45) is 7.17. The van der Waals surface area contributed by atoms with Crippen molar-refractivity contribution in [1.29, 1.82) is 0 Å². The summed E-state index contributed by atoms with van der Waals surface area (Å²) in [5.41, 5.74) is 2.22. The third-order valence-electron chi connectivity index (χ3n) is 3.75. The quantitative estimate of drug-likeness (QED) is 0.408. The Bertz CT molecular complexity index is 693. The van der Waals surface area contributed by atoms with Gasteiger partial charge in [-0.25, -0.2) is 9.18 Å². The van der Waals surface area contributed by atoms with E-state index in [0.717, 1.165) is 36.8 Å². The van der Waals surface area contributed by atoms with Crippen molar-refractivity contribution in [1.82, 2.24) is 0 Å². The van der Waals surface area contributed by atoms with E-state index in [4.69, 9.17) is 9.84 Å². The Hall–Kier alpha value is -2.46. The second-order valence-corrected chi connectivity index (χ2v) is 5.78. The van der Waals surface area contributed by atoms with Gasteiger partial charge in [-0.2, -0.15) is 0 Å². The number of unbranched alkanes of at least 4 members (excludes halogenated alkanes) is 3. The molecule has 0 unspecified atom stereocenters. The van der Waals surface area contributed by atoms with Gasteiger partial charge in [0.25, 0.3) is 0 Å². The van der Waals surface area contributed by atoms with Gasteiger partial charge in [0.05, 0.1) is 12.2 Å². The fourth-order valence-electron chi connectivity index (χ4n) is 2.35. The maximum Gasteiger partial charge on any atom is 0.338 e. The summed E-state index contributed by atoms with van der Waals surface area (Å²) in [5, 5.41) is 8.69. The molecule has 0 radical (unpaired) electrons. The molecule has 0 fully saturated rings. The predicted molar refractivity (Wildman–Crippen MR) is 97.6 cm³/mol. The van der Waals surface area contributed by atoms with Gasteiger partial charge in [-0.1, -0.05) is 42.8 Å². The molecule has 4 heteroatoms. The Balaban J connectivity index is 1.81. The minimum absolute atomic E-state index is 0.208. The van der Waals surface area contributed by atoms with Crippen molar-refractivity contribution in [3.05, 3.63) is 71.0 Å². The predicted octanol–water partition coefficient (Wildman–Crippen LogP) is 4.71. The van der Waals surface area contributed by atoms with Gasteiger partial charge in [0.1, 0.15) is 5.82 Å². The van der Waals surface area contributed by atoms with E-state index in [1.54, 1.807) is 18.2 Å². The van der Waals surface area contributed by atoms with E-state index < -0.39 is 0 Å². The van der Waals surface area contributed by atoms with Crippen LogP contribution in [0.15, 0.2) is 48.5 Å². The van der Waals surface area contributed by atoms with Crippen LogP contribution in [0.2, 0.25) is 0 Å². The molecule has 25 heavy (non-hydrogen) atoms. The molecule has 0 atom stereocenters. The first kappa shape index (κ1) is 18.9. The monoisotopic (exact) mass is 342 g/mol. The first-order chi connectivity index (χ1) is 12.2. The van der Waals surface area contributed by atoms with Gasteiger partial charge in [0.2, 0.25) is 0 Å². The van der Waals surface area contributed by atoms with Crippen LogP contribution in [0.1, 0.15) is 47.2 Å². The maximum absolute atomic E-state index is 13.1. The van der Waals surface area contributed by atoms with E-state index in [1.807, 2.05) is 30.4 Å². The summed E-state index contributed by atoms with van der Waals surface area (Å²) in [5.74, 6) is -0.598. The van der Waals surface area contributed by atoms with E-state index >= 15 is 0 Å². The van der Waals surface area contributed by atoms with Gasteiger partial charge in [-0.05, 0) is 54.7 Å². The van der Waals surface area contributed by atoms with Crippen LogP contribution in [0, 0.1) is 5.82 Å². The molecule has 0 saturated heterocycles. The van der Waals surface area contributed by atoms with E-state index in [9.17, 15) is 9.18 Å². The van der Waals surface area contributed by atoms with Gasteiger partial charge in [0, 0.05) is 6.61 Å². The normalized spacial score (nSPS) is 11.0. The Kier molecular flexibility index (Phi) is 7.86. The van der Waals surface area contributed by atoms with Gasteiger partial charge >= 0.3 is 5.97 Å². The summed E-state index contributed by atoms with van der Waals surface area (Å²) in [7, 11) is 0. The molecule has 2 aromatic carbocycles. The number of ether oxygens (including phenoxy) is 1. The number of hydrogen-bond acceptors (Lipinski definition) is 3. The SMILES string of the molecule is O=C(OCCCCCCO)c1ccc(/C=C/c2cccc(F)c2)cc1. The standard InChI is InChI=1S/C21H23FO3/c22-20-7-5-6-18(16-20)9-8-17-10-12-19(13-11-17)21(24)25-15-4-2-1-3-14-23/h5-13,16,23H,1-4,14-15H2/b9-8+.